The molecular weight excluding hydrogens is 404 g/mol. The number of benzene rings is 2. The highest BCUT2D eigenvalue weighted by molar-refractivity contribution is 6.01. The van der Waals surface area contributed by atoms with Crippen LogP contribution in [0.25, 0.3) is 16.9 Å². The Balaban J connectivity index is 1.55. The molecule has 0 aliphatic heterocycles. The molecule has 0 fully saturated rings. The van der Waals surface area contributed by atoms with E-state index >= 15 is 0 Å². The number of para-hydroxylation sites is 1. The fourth-order valence-corrected chi connectivity index (χ4v) is 3.27. The van der Waals surface area contributed by atoms with Gasteiger partial charge >= 0.3 is 0 Å². The quantitative estimate of drug-likeness (QED) is 0.469. The minimum Gasteiger partial charge on any atom is -0.467 e. The van der Waals surface area contributed by atoms with Gasteiger partial charge in [0.15, 0.2) is 0 Å². The average Bonchev–Trinajstić information content (AvgIpc) is 3.49. The molecule has 32 heavy (non-hydrogen) atoms. The molecule has 0 radical (unpaired) electrons. The van der Waals surface area contributed by atoms with Gasteiger partial charge in [0.05, 0.1) is 30.6 Å². The van der Waals surface area contributed by atoms with Crippen molar-refractivity contribution in [1.29, 1.82) is 0 Å². The zero-order valence-electron chi connectivity index (χ0n) is 18.0. The second-order valence-electron chi connectivity index (χ2n) is 7.51. The van der Waals surface area contributed by atoms with E-state index < -0.39 is 0 Å². The first-order valence-corrected chi connectivity index (χ1v) is 10.3. The SMILES string of the molecule is Cc1ccc(-c2nn(-c3ccccc3)cc2C(=O)NCC(=O)NCc2ccco2)cc1C. The van der Waals surface area contributed by atoms with Crippen LogP contribution in [0.4, 0.5) is 0 Å². The molecule has 0 saturated carbocycles. The van der Waals surface area contributed by atoms with Crippen LogP contribution in [-0.4, -0.2) is 28.1 Å². The molecule has 2 heterocycles. The Hall–Kier alpha value is -4.13. The first kappa shape index (κ1) is 21.1. The molecule has 2 aromatic heterocycles. The highest BCUT2D eigenvalue weighted by atomic mass is 16.3. The lowest BCUT2D eigenvalue weighted by atomic mass is 10.0. The van der Waals surface area contributed by atoms with E-state index in [2.05, 4.69) is 15.7 Å². The Labute approximate surface area is 186 Å². The van der Waals surface area contributed by atoms with Gasteiger partial charge in [-0.25, -0.2) is 4.68 Å². The van der Waals surface area contributed by atoms with Gasteiger partial charge in [0.25, 0.3) is 5.91 Å². The van der Waals surface area contributed by atoms with Crippen molar-refractivity contribution in [2.24, 2.45) is 0 Å². The third kappa shape index (κ3) is 4.78. The molecule has 0 atom stereocenters. The molecular formula is C25H24N4O3. The predicted octanol–water partition coefficient (Wildman–Crippen LogP) is 3.80. The molecule has 4 rings (SSSR count). The van der Waals surface area contributed by atoms with Crippen LogP contribution >= 0.6 is 0 Å². The third-order valence-corrected chi connectivity index (χ3v) is 5.21. The second kappa shape index (κ2) is 9.34. The Morgan fingerprint density at radius 3 is 2.50 bits per heavy atom. The average molecular weight is 428 g/mol. The van der Waals surface area contributed by atoms with Crippen molar-refractivity contribution >= 4 is 11.8 Å². The number of nitrogens with zero attached hydrogens (tertiary/aromatic N) is 2. The largest absolute Gasteiger partial charge is 0.467 e. The summed E-state index contributed by atoms with van der Waals surface area (Å²) in [5.41, 5.74) is 4.92. The molecule has 2 amide bonds. The van der Waals surface area contributed by atoms with Gasteiger partial charge in [-0.05, 0) is 55.3 Å². The van der Waals surface area contributed by atoms with E-state index in [9.17, 15) is 9.59 Å². The van der Waals surface area contributed by atoms with Crippen molar-refractivity contribution in [1.82, 2.24) is 20.4 Å². The predicted molar refractivity (Wildman–Crippen MR) is 121 cm³/mol. The maximum absolute atomic E-state index is 13.0. The van der Waals surface area contributed by atoms with Crippen molar-refractivity contribution in [3.63, 3.8) is 0 Å². The second-order valence-corrected chi connectivity index (χ2v) is 7.51. The smallest absolute Gasteiger partial charge is 0.255 e. The number of nitrogens with one attached hydrogen (secondary N) is 2. The van der Waals surface area contributed by atoms with Crippen molar-refractivity contribution in [3.05, 3.63) is 95.6 Å². The van der Waals surface area contributed by atoms with E-state index in [-0.39, 0.29) is 24.9 Å². The maximum atomic E-state index is 13.0. The van der Waals surface area contributed by atoms with Crippen LogP contribution in [0.2, 0.25) is 0 Å². The summed E-state index contributed by atoms with van der Waals surface area (Å²) in [5, 5.41) is 10.1. The highest BCUT2D eigenvalue weighted by Crippen LogP contribution is 2.25. The van der Waals surface area contributed by atoms with Crippen molar-refractivity contribution in [2.45, 2.75) is 20.4 Å². The van der Waals surface area contributed by atoms with Gasteiger partial charge in [0.1, 0.15) is 11.5 Å². The van der Waals surface area contributed by atoms with Crippen LogP contribution in [0.1, 0.15) is 27.2 Å². The Kier molecular flexibility index (Phi) is 6.17. The minimum absolute atomic E-state index is 0.150. The lowest BCUT2D eigenvalue weighted by Crippen LogP contribution is -2.36. The number of carbonyl (C=O) groups excluding carboxylic acids is 2. The fraction of sp³-hybridized carbons (Fsp3) is 0.160. The number of amides is 2. The molecule has 0 unspecified atom stereocenters. The molecule has 7 heteroatoms. The molecule has 7 nitrogen and oxygen atoms in total. The third-order valence-electron chi connectivity index (χ3n) is 5.21. The molecule has 162 valence electrons. The van der Waals surface area contributed by atoms with Crippen LogP contribution in [0.15, 0.2) is 77.5 Å². The highest BCUT2D eigenvalue weighted by Gasteiger charge is 2.19. The molecule has 0 bridgehead atoms. The van der Waals surface area contributed by atoms with Gasteiger partial charge in [-0.3, -0.25) is 9.59 Å². The normalized spacial score (nSPS) is 10.7. The van der Waals surface area contributed by atoms with Crippen molar-refractivity contribution in [2.75, 3.05) is 6.54 Å². The summed E-state index contributed by atoms with van der Waals surface area (Å²) in [5.74, 6) is -0.0302. The van der Waals surface area contributed by atoms with Crippen molar-refractivity contribution < 1.29 is 14.0 Å². The summed E-state index contributed by atoms with van der Waals surface area (Å²) in [6.07, 6.45) is 3.23. The zero-order chi connectivity index (χ0) is 22.5. The van der Waals surface area contributed by atoms with Crippen LogP contribution in [0.5, 0.6) is 0 Å². The number of aromatic nitrogens is 2. The van der Waals surface area contributed by atoms with E-state index in [1.165, 1.54) is 0 Å². The van der Waals surface area contributed by atoms with Gasteiger partial charge < -0.3 is 15.1 Å². The van der Waals surface area contributed by atoms with Crippen LogP contribution in [0, 0.1) is 13.8 Å². The monoisotopic (exact) mass is 428 g/mol. The van der Waals surface area contributed by atoms with E-state index in [4.69, 9.17) is 4.42 Å². The molecule has 4 aromatic rings. The Morgan fingerprint density at radius 1 is 0.969 bits per heavy atom. The lowest BCUT2D eigenvalue weighted by molar-refractivity contribution is -0.120. The molecule has 0 aliphatic rings. The number of hydrogen-bond donors (Lipinski definition) is 2. The first-order chi connectivity index (χ1) is 15.5. The summed E-state index contributed by atoms with van der Waals surface area (Å²) in [6.45, 7) is 4.18. The zero-order valence-corrected chi connectivity index (χ0v) is 18.0. The Morgan fingerprint density at radius 2 is 1.78 bits per heavy atom. The fourth-order valence-electron chi connectivity index (χ4n) is 3.27. The van der Waals surface area contributed by atoms with Gasteiger partial charge in [0.2, 0.25) is 5.91 Å². The molecule has 0 spiro atoms. The standard InChI is InChI=1S/C25H24N4O3/c1-17-10-11-19(13-18(17)2)24-22(16-29(28-24)20-7-4-3-5-8-20)25(31)27-15-23(30)26-14-21-9-6-12-32-21/h3-13,16H,14-15H2,1-2H3,(H,26,30)(H,27,31). The molecule has 2 N–H and O–H groups in total. The summed E-state index contributed by atoms with van der Waals surface area (Å²) in [4.78, 5) is 25.2. The number of furan rings is 1. The Bertz CT molecular complexity index is 1230. The number of hydrogen-bond acceptors (Lipinski definition) is 4. The summed E-state index contributed by atoms with van der Waals surface area (Å²) >= 11 is 0. The molecule has 2 aromatic carbocycles. The maximum Gasteiger partial charge on any atom is 0.255 e. The summed E-state index contributed by atoms with van der Waals surface area (Å²) in [7, 11) is 0. The van der Waals surface area contributed by atoms with Crippen molar-refractivity contribution in [3.8, 4) is 16.9 Å². The topological polar surface area (TPSA) is 89.2 Å². The summed E-state index contributed by atoms with van der Waals surface area (Å²) in [6, 6.07) is 19.1. The van der Waals surface area contributed by atoms with Gasteiger partial charge in [-0.15, -0.1) is 0 Å². The van der Waals surface area contributed by atoms with E-state index in [0.29, 0.717) is 17.0 Å². The van der Waals surface area contributed by atoms with Gasteiger partial charge in [-0.1, -0.05) is 30.3 Å². The van der Waals surface area contributed by atoms with Gasteiger partial charge in [-0.2, -0.15) is 5.10 Å². The number of carbonyl (C=O) groups is 2. The van der Waals surface area contributed by atoms with Gasteiger partial charge in [0, 0.05) is 11.8 Å². The van der Waals surface area contributed by atoms with E-state index in [0.717, 1.165) is 22.4 Å². The van der Waals surface area contributed by atoms with E-state index in [1.807, 2.05) is 62.4 Å². The number of aryl methyl sites for hydroxylation is 2. The van der Waals surface area contributed by atoms with E-state index in [1.54, 1.807) is 29.3 Å². The minimum atomic E-state index is -0.367. The van der Waals surface area contributed by atoms with Crippen LogP contribution in [0.3, 0.4) is 0 Å². The van der Waals surface area contributed by atoms with Crippen LogP contribution in [-0.2, 0) is 11.3 Å². The summed E-state index contributed by atoms with van der Waals surface area (Å²) < 4.78 is 6.87. The lowest BCUT2D eigenvalue weighted by Gasteiger charge is -2.07. The first-order valence-electron chi connectivity index (χ1n) is 10.3. The number of rotatable bonds is 7. The molecule has 0 saturated heterocycles. The van der Waals surface area contributed by atoms with Crippen LogP contribution < -0.4 is 10.6 Å². The molecule has 0 aliphatic carbocycles.